The molecular weight excluding hydrogens is 728 g/mol. The summed E-state index contributed by atoms with van der Waals surface area (Å²) < 4.78 is 84.8. The molecule has 0 saturated carbocycles. The lowest BCUT2D eigenvalue weighted by molar-refractivity contribution is 0.0660. The summed E-state index contributed by atoms with van der Waals surface area (Å²) >= 11 is 1.25. The number of nitrogens with zero attached hydrogens (tertiary/aromatic N) is 4. The van der Waals surface area contributed by atoms with Crippen LogP contribution < -0.4 is 9.64 Å². The topological polar surface area (TPSA) is 134 Å². The van der Waals surface area contributed by atoms with Gasteiger partial charge in [0, 0.05) is 45.7 Å². The normalized spacial score (nSPS) is 15.3. The number of rotatable bonds is 13. The van der Waals surface area contributed by atoms with E-state index < -0.39 is 57.2 Å². The Hall–Kier alpha value is -6.24. The highest BCUT2D eigenvalue weighted by atomic mass is 32.1. The summed E-state index contributed by atoms with van der Waals surface area (Å²) in [4.78, 5) is 3.09. The van der Waals surface area contributed by atoms with Crippen LogP contribution in [0.5, 0.6) is 5.75 Å². The lowest BCUT2D eigenvalue weighted by Gasteiger charge is -2.28. The van der Waals surface area contributed by atoms with Crippen LogP contribution in [0.15, 0.2) is 89.2 Å². The van der Waals surface area contributed by atoms with Gasteiger partial charge in [0.2, 0.25) is 5.82 Å². The number of halogens is 5. The van der Waals surface area contributed by atoms with Crippen LogP contribution in [0, 0.1) is 63.1 Å². The predicted octanol–water partition coefficient (Wildman–Crippen LogP) is 8.06. The van der Waals surface area contributed by atoms with E-state index in [1.165, 1.54) is 35.6 Å². The molecule has 1 aliphatic heterocycles. The number of anilines is 1. The highest BCUT2D eigenvalue weighted by molar-refractivity contribution is 7.13. The predicted molar refractivity (Wildman–Crippen MR) is 191 cm³/mol. The highest BCUT2D eigenvalue weighted by Gasteiger charge is 2.49. The first kappa shape index (κ1) is 39.0. The molecule has 1 aliphatic rings. The Labute approximate surface area is 311 Å². The molecule has 8 nitrogen and oxygen atoms in total. The summed E-state index contributed by atoms with van der Waals surface area (Å²) in [5.74, 6) is -11.4. The number of aliphatic hydroxyl groups excluding tert-OH is 2. The van der Waals surface area contributed by atoms with Gasteiger partial charge in [-0.1, -0.05) is 36.4 Å². The van der Waals surface area contributed by atoms with Crippen molar-refractivity contribution in [3.05, 3.63) is 145 Å². The second-order valence-electron chi connectivity index (χ2n) is 11.7. The van der Waals surface area contributed by atoms with Crippen LogP contribution in [0.25, 0.3) is 18.2 Å². The fraction of sp³-hybridized carbons (Fsp3) is 0.175. The first-order valence-electron chi connectivity index (χ1n) is 16.1. The van der Waals surface area contributed by atoms with Gasteiger partial charge in [-0.05, 0) is 55.0 Å². The molecule has 1 aromatic heterocycles. The molecular formula is C40H29F5N4O4S. The zero-order valence-corrected chi connectivity index (χ0v) is 29.2. The first-order chi connectivity index (χ1) is 26.0. The van der Waals surface area contributed by atoms with Gasteiger partial charge < -0.3 is 24.6 Å². The van der Waals surface area contributed by atoms with E-state index in [0.29, 0.717) is 29.3 Å². The Bertz CT molecular complexity index is 2270. The quantitative estimate of drug-likeness (QED) is 0.0606. The van der Waals surface area contributed by atoms with Crippen molar-refractivity contribution in [1.29, 1.82) is 15.8 Å². The van der Waals surface area contributed by atoms with Crippen molar-refractivity contribution in [1.82, 2.24) is 0 Å². The molecule has 54 heavy (non-hydrogen) atoms. The molecule has 0 bridgehead atoms. The third-order valence-corrected chi connectivity index (χ3v) is 9.41. The van der Waals surface area contributed by atoms with Gasteiger partial charge in [-0.2, -0.15) is 15.8 Å². The number of benzene rings is 3. The fourth-order valence-corrected chi connectivity index (χ4v) is 6.57. The molecule has 4 aromatic rings. The van der Waals surface area contributed by atoms with E-state index in [-0.39, 0.29) is 25.4 Å². The molecule has 1 unspecified atom stereocenters. The van der Waals surface area contributed by atoms with E-state index in [1.54, 1.807) is 24.3 Å². The van der Waals surface area contributed by atoms with Crippen LogP contribution in [0.3, 0.4) is 0 Å². The van der Waals surface area contributed by atoms with Gasteiger partial charge in [-0.3, -0.25) is 0 Å². The van der Waals surface area contributed by atoms with Crippen molar-refractivity contribution in [2.75, 3.05) is 31.2 Å². The molecule has 5 rings (SSSR count). The van der Waals surface area contributed by atoms with Crippen molar-refractivity contribution >= 4 is 35.3 Å². The number of thiophene rings is 1. The average molecular weight is 757 g/mol. The van der Waals surface area contributed by atoms with Crippen LogP contribution >= 0.6 is 11.3 Å². The SMILES string of the molecule is CC1(c2c(F)c(F)c(F)c(F)c2F)OC(=C(C#N)C#N)C(C#N)=C1/C=C/c1ccc(/C=C/c2ccc(N(CCO)CCO)cc2OCc2ccccc2)s1. The van der Waals surface area contributed by atoms with Crippen LogP contribution in [0.1, 0.15) is 33.4 Å². The smallest absolute Gasteiger partial charge is 0.200 e. The van der Waals surface area contributed by atoms with Crippen molar-refractivity contribution in [2.24, 2.45) is 0 Å². The molecule has 0 spiro atoms. The van der Waals surface area contributed by atoms with Gasteiger partial charge in [0.05, 0.1) is 18.8 Å². The molecule has 274 valence electrons. The number of aliphatic hydroxyl groups is 2. The minimum absolute atomic E-state index is 0.117. The average Bonchev–Trinajstić information content (AvgIpc) is 3.75. The Balaban J connectivity index is 1.51. The number of nitriles is 3. The van der Waals surface area contributed by atoms with Gasteiger partial charge in [-0.25, -0.2) is 22.0 Å². The summed E-state index contributed by atoms with van der Waals surface area (Å²) in [6, 6.07) is 23.2. The first-order valence-corrected chi connectivity index (χ1v) is 17.0. The zero-order chi connectivity index (χ0) is 39.0. The van der Waals surface area contributed by atoms with Gasteiger partial charge >= 0.3 is 0 Å². The fourth-order valence-electron chi connectivity index (χ4n) is 5.75. The standard InChI is InChI=1S/C40H29F5N4O4S/c1-40(33-34(41)36(43)38(45)37(44)35(33)42)31(30(22-48)39(53-40)26(20-46)21-47)14-13-29-12-11-28(54-29)10-8-25-7-9-27(49(15-17-50)16-18-51)19-32(25)52-23-24-5-3-2-4-6-24/h2-14,19,50-51H,15-18,23H2,1H3/b10-8+,14-13+. The van der Waals surface area contributed by atoms with Crippen LogP contribution in [-0.4, -0.2) is 36.5 Å². The number of allylic oxidation sites excluding steroid dienone is 2. The zero-order valence-electron chi connectivity index (χ0n) is 28.4. The van der Waals surface area contributed by atoms with Crippen molar-refractivity contribution in [3.63, 3.8) is 0 Å². The third kappa shape index (κ3) is 7.89. The maximum atomic E-state index is 15.2. The molecule has 0 radical (unpaired) electrons. The van der Waals surface area contributed by atoms with Crippen molar-refractivity contribution in [2.45, 2.75) is 19.1 Å². The number of ether oxygens (including phenoxy) is 2. The molecule has 14 heteroatoms. The van der Waals surface area contributed by atoms with E-state index in [9.17, 15) is 39.2 Å². The van der Waals surface area contributed by atoms with E-state index in [0.717, 1.165) is 23.1 Å². The highest BCUT2D eigenvalue weighted by Crippen LogP contribution is 2.49. The molecule has 0 fully saturated rings. The van der Waals surface area contributed by atoms with Crippen molar-refractivity contribution < 1.29 is 41.6 Å². The van der Waals surface area contributed by atoms with Gasteiger partial charge in [0.25, 0.3) is 0 Å². The van der Waals surface area contributed by atoms with E-state index in [1.807, 2.05) is 59.5 Å². The molecule has 0 saturated heterocycles. The summed E-state index contributed by atoms with van der Waals surface area (Å²) in [6.45, 7) is 1.61. The summed E-state index contributed by atoms with van der Waals surface area (Å²) in [5, 5.41) is 48.0. The molecule has 2 N–H and O–H groups in total. The maximum Gasteiger partial charge on any atom is 0.200 e. The van der Waals surface area contributed by atoms with Gasteiger partial charge in [0.1, 0.15) is 36.1 Å². The Morgan fingerprint density at radius 1 is 0.815 bits per heavy atom. The van der Waals surface area contributed by atoms with Crippen LogP contribution in [-0.2, 0) is 16.9 Å². The second kappa shape index (κ2) is 17.1. The van der Waals surface area contributed by atoms with Gasteiger partial charge in [-0.15, -0.1) is 11.3 Å². The summed E-state index contributed by atoms with van der Waals surface area (Å²) in [7, 11) is 0. The molecule has 1 atom stereocenters. The van der Waals surface area contributed by atoms with Crippen LogP contribution in [0.4, 0.5) is 27.6 Å². The van der Waals surface area contributed by atoms with E-state index >= 15 is 8.78 Å². The van der Waals surface area contributed by atoms with Gasteiger partial charge in [0.15, 0.2) is 40.2 Å². The Morgan fingerprint density at radius 2 is 1.41 bits per heavy atom. The summed E-state index contributed by atoms with van der Waals surface area (Å²) in [5.41, 5.74) is -3.15. The number of hydrogen-bond donors (Lipinski definition) is 2. The maximum absolute atomic E-state index is 15.2. The Kier molecular flexibility index (Phi) is 12.3. The van der Waals surface area contributed by atoms with E-state index in [2.05, 4.69) is 0 Å². The molecule has 0 amide bonds. The third-order valence-electron chi connectivity index (χ3n) is 8.39. The molecule has 2 heterocycles. The second-order valence-corrected chi connectivity index (χ2v) is 12.9. The number of hydrogen-bond acceptors (Lipinski definition) is 9. The van der Waals surface area contributed by atoms with Crippen molar-refractivity contribution in [3.8, 4) is 24.0 Å². The van der Waals surface area contributed by atoms with Crippen LogP contribution in [0.2, 0.25) is 0 Å². The summed E-state index contributed by atoms with van der Waals surface area (Å²) in [6.07, 6.45) is 6.25. The minimum atomic E-state index is -2.52. The molecule has 0 aliphatic carbocycles. The molecule has 3 aromatic carbocycles. The minimum Gasteiger partial charge on any atom is -0.488 e. The lowest BCUT2D eigenvalue weighted by Crippen LogP contribution is -2.29. The Morgan fingerprint density at radius 3 is 1.98 bits per heavy atom. The van der Waals surface area contributed by atoms with E-state index in [4.69, 9.17) is 9.47 Å². The largest absolute Gasteiger partial charge is 0.488 e. The monoisotopic (exact) mass is 756 g/mol. The lowest BCUT2D eigenvalue weighted by atomic mass is 9.85.